The number of hydrogen-bond acceptors (Lipinski definition) is 1. The Bertz CT molecular complexity index is 473. The molecule has 2 nitrogen and oxygen atoms in total. The first-order valence-electron chi connectivity index (χ1n) is 5.76. The van der Waals surface area contributed by atoms with Crippen molar-refractivity contribution in [3.8, 4) is 0 Å². The van der Waals surface area contributed by atoms with E-state index in [1.165, 1.54) is 17.8 Å². The number of benzene rings is 1. The lowest BCUT2D eigenvalue weighted by molar-refractivity contribution is 0.555. The third-order valence-electron chi connectivity index (χ3n) is 3.01. The van der Waals surface area contributed by atoms with Crippen molar-refractivity contribution in [1.29, 1.82) is 0 Å². The molecule has 0 aliphatic carbocycles. The first kappa shape index (κ1) is 11.9. The minimum atomic E-state index is -0.191. The summed E-state index contributed by atoms with van der Waals surface area (Å²) in [6, 6.07) is 11.0. The molecular formula is C14H17FN2. The van der Waals surface area contributed by atoms with Crippen LogP contribution in [0.5, 0.6) is 0 Å². The van der Waals surface area contributed by atoms with E-state index in [0.29, 0.717) is 0 Å². The molecule has 0 spiro atoms. The summed E-state index contributed by atoms with van der Waals surface area (Å²) in [6.07, 6.45) is 2.03. The second-order valence-corrected chi connectivity index (χ2v) is 4.26. The molecule has 0 radical (unpaired) electrons. The Labute approximate surface area is 101 Å². The van der Waals surface area contributed by atoms with Gasteiger partial charge in [0.1, 0.15) is 5.82 Å². The molecule has 2 rings (SSSR count). The van der Waals surface area contributed by atoms with Crippen molar-refractivity contribution in [1.82, 2.24) is 9.88 Å². The Balaban J connectivity index is 1.95. The molecule has 1 aromatic heterocycles. The first-order valence-corrected chi connectivity index (χ1v) is 5.76. The molecule has 1 N–H and O–H groups in total. The second-order valence-electron chi connectivity index (χ2n) is 4.26. The predicted molar refractivity (Wildman–Crippen MR) is 67.1 cm³/mol. The third-order valence-corrected chi connectivity index (χ3v) is 3.01. The monoisotopic (exact) mass is 232 g/mol. The van der Waals surface area contributed by atoms with Gasteiger partial charge in [0.2, 0.25) is 0 Å². The van der Waals surface area contributed by atoms with Crippen LogP contribution in [0, 0.1) is 5.82 Å². The molecule has 3 heteroatoms. The van der Waals surface area contributed by atoms with Crippen molar-refractivity contribution < 1.29 is 4.39 Å². The molecule has 0 bridgehead atoms. The number of halogens is 1. The highest BCUT2D eigenvalue weighted by atomic mass is 19.1. The van der Waals surface area contributed by atoms with E-state index in [-0.39, 0.29) is 11.9 Å². The van der Waals surface area contributed by atoms with E-state index in [1.807, 2.05) is 31.4 Å². The number of rotatable bonds is 4. The minimum absolute atomic E-state index is 0.191. The Morgan fingerprint density at radius 3 is 2.53 bits per heavy atom. The standard InChI is InChI=1S/C14H17FN2/c1-11(12-5-7-13(15)8-6-12)16-10-14-4-3-9-17(14)2/h3-9,11,16H,10H2,1-2H3. The maximum Gasteiger partial charge on any atom is 0.123 e. The van der Waals surface area contributed by atoms with Crippen molar-refractivity contribution in [2.75, 3.05) is 0 Å². The molecular weight excluding hydrogens is 215 g/mol. The van der Waals surface area contributed by atoms with Crippen molar-refractivity contribution in [3.63, 3.8) is 0 Å². The van der Waals surface area contributed by atoms with Crippen LogP contribution in [-0.4, -0.2) is 4.57 Å². The molecule has 0 saturated heterocycles. The average molecular weight is 232 g/mol. The predicted octanol–water partition coefficient (Wildman–Crippen LogP) is 3.02. The molecule has 0 amide bonds. The highest BCUT2D eigenvalue weighted by molar-refractivity contribution is 5.19. The van der Waals surface area contributed by atoms with Crippen molar-refractivity contribution in [2.45, 2.75) is 19.5 Å². The number of nitrogens with zero attached hydrogens (tertiary/aromatic N) is 1. The third kappa shape index (κ3) is 2.94. The van der Waals surface area contributed by atoms with E-state index in [4.69, 9.17) is 0 Å². The fourth-order valence-corrected chi connectivity index (χ4v) is 1.81. The van der Waals surface area contributed by atoms with Gasteiger partial charge in [0.15, 0.2) is 0 Å². The lowest BCUT2D eigenvalue weighted by Gasteiger charge is -2.14. The highest BCUT2D eigenvalue weighted by Gasteiger charge is 2.05. The molecule has 1 atom stereocenters. The Hall–Kier alpha value is -1.61. The van der Waals surface area contributed by atoms with Gasteiger partial charge in [-0.1, -0.05) is 12.1 Å². The molecule has 17 heavy (non-hydrogen) atoms. The van der Waals surface area contributed by atoms with Crippen LogP contribution in [0.1, 0.15) is 24.2 Å². The number of nitrogens with one attached hydrogen (secondary N) is 1. The molecule has 0 saturated carbocycles. The Morgan fingerprint density at radius 2 is 1.94 bits per heavy atom. The van der Waals surface area contributed by atoms with Crippen LogP contribution in [-0.2, 0) is 13.6 Å². The molecule has 1 aromatic carbocycles. The van der Waals surface area contributed by atoms with E-state index < -0.39 is 0 Å². The zero-order valence-electron chi connectivity index (χ0n) is 10.2. The van der Waals surface area contributed by atoms with Crippen LogP contribution < -0.4 is 5.32 Å². The Morgan fingerprint density at radius 1 is 1.24 bits per heavy atom. The molecule has 1 heterocycles. The summed E-state index contributed by atoms with van der Waals surface area (Å²) < 4.78 is 14.9. The summed E-state index contributed by atoms with van der Waals surface area (Å²) in [5.41, 5.74) is 2.33. The SMILES string of the molecule is CC(NCc1cccn1C)c1ccc(F)cc1. The van der Waals surface area contributed by atoms with Gasteiger partial charge in [0.05, 0.1) is 0 Å². The summed E-state index contributed by atoms with van der Waals surface area (Å²) in [4.78, 5) is 0. The summed E-state index contributed by atoms with van der Waals surface area (Å²) in [5, 5.41) is 3.42. The number of aromatic nitrogens is 1. The molecule has 0 fully saturated rings. The van der Waals surface area contributed by atoms with Crippen molar-refractivity contribution in [3.05, 3.63) is 59.7 Å². The van der Waals surface area contributed by atoms with Crippen molar-refractivity contribution in [2.24, 2.45) is 7.05 Å². The van der Waals surface area contributed by atoms with Gasteiger partial charge >= 0.3 is 0 Å². The summed E-state index contributed by atoms with van der Waals surface area (Å²) in [6.45, 7) is 2.89. The maximum atomic E-state index is 12.8. The number of hydrogen-bond donors (Lipinski definition) is 1. The fourth-order valence-electron chi connectivity index (χ4n) is 1.81. The second kappa shape index (κ2) is 5.15. The van der Waals surface area contributed by atoms with Gasteiger partial charge in [-0.15, -0.1) is 0 Å². The van der Waals surface area contributed by atoms with Crippen LogP contribution in [0.25, 0.3) is 0 Å². The first-order chi connectivity index (χ1) is 8.16. The number of aryl methyl sites for hydroxylation is 1. The van der Waals surface area contributed by atoms with E-state index in [2.05, 4.69) is 22.9 Å². The minimum Gasteiger partial charge on any atom is -0.353 e. The van der Waals surface area contributed by atoms with Gasteiger partial charge in [-0.25, -0.2) is 4.39 Å². The molecule has 1 unspecified atom stereocenters. The molecule has 90 valence electrons. The molecule has 0 aliphatic heterocycles. The van der Waals surface area contributed by atoms with E-state index in [0.717, 1.165) is 12.1 Å². The van der Waals surface area contributed by atoms with Gasteiger partial charge in [-0.05, 0) is 36.8 Å². The van der Waals surface area contributed by atoms with Gasteiger partial charge in [-0.3, -0.25) is 0 Å². The normalized spacial score (nSPS) is 12.6. The maximum absolute atomic E-state index is 12.8. The summed E-state index contributed by atoms with van der Waals surface area (Å²) in [5.74, 6) is -0.191. The molecule has 2 aromatic rings. The van der Waals surface area contributed by atoms with E-state index in [9.17, 15) is 4.39 Å². The van der Waals surface area contributed by atoms with Crippen LogP contribution in [0.3, 0.4) is 0 Å². The zero-order valence-corrected chi connectivity index (χ0v) is 10.2. The van der Waals surface area contributed by atoms with E-state index in [1.54, 1.807) is 0 Å². The van der Waals surface area contributed by atoms with Gasteiger partial charge < -0.3 is 9.88 Å². The van der Waals surface area contributed by atoms with E-state index >= 15 is 0 Å². The van der Waals surface area contributed by atoms with Crippen LogP contribution in [0.2, 0.25) is 0 Å². The van der Waals surface area contributed by atoms with Crippen LogP contribution in [0.15, 0.2) is 42.6 Å². The zero-order chi connectivity index (χ0) is 12.3. The van der Waals surface area contributed by atoms with Gasteiger partial charge in [-0.2, -0.15) is 0 Å². The lowest BCUT2D eigenvalue weighted by atomic mass is 10.1. The van der Waals surface area contributed by atoms with Gasteiger partial charge in [0.25, 0.3) is 0 Å². The smallest absolute Gasteiger partial charge is 0.123 e. The largest absolute Gasteiger partial charge is 0.353 e. The van der Waals surface area contributed by atoms with Crippen LogP contribution >= 0.6 is 0 Å². The fraction of sp³-hybridized carbons (Fsp3) is 0.286. The highest BCUT2D eigenvalue weighted by Crippen LogP contribution is 2.13. The lowest BCUT2D eigenvalue weighted by Crippen LogP contribution is -2.19. The molecule has 0 aliphatic rings. The average Bonchev–Trinajstić information content (AvgIpc) is 2.73. The topological polar surface area (TPSA) is 17.0 Å². The summed E-state index contributed by atoms with van der Waals surface area (Å²) >= 11 is 0. The van der Waals surface area contributed by atoms with Crippen molar-refractivity contribution >= 4 is 0 Å². The summed E-state index contributed by atoms with van der Waals surface area (Å²) in [7, 11) is 2.03. The van der Waals surface area contributed by atoms with Gasteiger partial charge in [0, 0.05) is 31.5 Å². The van der Waals surface area contributed by atoms with Crippen LogP contribution in [0.4, 0.5) is 4.39 Å². The Kier molecular flexibility index (Phi) is 3.59. The quantitative estimate of drug-likeness (QED) is 0.857.